The van der Waals surface area contributed by atoms with E-state index in [-0.39, 0.29) is 6.10 Å². The Labute approximate surface area is 136 Å². The first kappa shape index (κ1) is 16.3. The van der Waals surface area contributed by atoms with Crippen LogP contribution in [0.1, 0.15) is 61.9 Å². The molecule has 1 aromatic carbocycles. The minimum atomic E-state index is -0.00262. The Morgan fingerprint density at radius 1 is 1.24 bits per heavy atom. The highest BCUT2D eigenvalue weighted by atomic mass is 35.5. The van der Waals surface area contributed by atoms with Gasteiger partial charge in [-0.2, -0.15) is 0 Å². The van der Waals surface area contributed by atoms with Crippen molar-refractivity contribution in [3.63, 3.8) is 0 Å². The third-order valence-electron chi connectivity index (χ3n) is 3.68. The summed E-state index contributed by atoms with van der Waals surface area (Å²) in [7, 11) is 0. The minimum absolute atomic E-state index is 0.00262. The number of benzene rings is 1. The van der Waals surface area contributed by atoms with Crippen LogP contribution in [0.4, 0.5) is 0 Å². The van der Waals surface area contributed by atoms with Gasteiger partial charge in [0.25, 0.3) is 0 Å². The fourth-order valence-electron chi connectivity index (χ4n) is 2.21. The van der Waals surface area contributed by atoms with Gasteiger partial charge in [0.2, 0.25) is 0 Å². The van der Waals surface area contributed by atoms with E-state index in [1.165, 1.54) is 5.56 Å². The molecule has 114 valence electrons. The van der Waals surface area contributed by atoms with Gasteiger partial charge in [0.15, 0.2) is 0 Å². The van der Waals surface area contributed by atoms with Crippen molar-refractivity contribution < 1.29 is 4.74 Å². The number of alkyl halides is 1. The number of hydrogen-bond acceptors (Lipinski definition) is 3. The zero-order chi connectivity index (χ0) is 15.2. The van der Waals surface area contributed by atoms with Gasteiger partial charge in [0.05, 0.1) is 11.6 Å². The Hall–Kier alpha value is -1.06. The summed E-state index contributed by atoms with van der Waals surface area (Å²) < 4.78 is 6.27. The van der Waals surface area contributed by atoms with Crippen molar-refractivity contribution in [3.8, 4) is 5.75 Å². The number of thiazole rings is 1. The molecular weight excluding hydrogens is 302 g/mol. The molecular formula is C17H22ClNOS. The van der Waals surface area contributed by atoms with Gasteiger partial charge in [0, 0.05) is 5.38 Å². The number of ether oxygens (including phenoxy) is 1. The van der Waals surface area contributed by atoms with Crippen molar-refractivity contribution in [1.82, 2.24) is 4.98 Å². The highest BCUT2D eigenvalue weighted by Crippen LogP contribution is 2.33. The molecule has 0 fully saturated rings. The van der Waals surface area contributed by atoms with E-state index in [9.17, 15) is 0 Å². The molecule has 2 aromatic rings. The summed E-state index contributed by atoms with van der Waals surface area (Å²) in [6, 6.07) is 8.31. The molecule has 2 nitrogen and oxygen atoms in total. The summed E-state index contributed by atoms with van der Waals surface area (Å²) in [6.07, 6.45) is 1.99. The molecule has 2 unspecified atom stereocenters. The third kappa shape index (κ3) is 3.98. The normalized spacial score (nSPS) is 13.9. The average Bonchev–Trinajstić information content (AvgIpc) is 3.01. The summed E-state index contributed by atoms with van der Waals surface area (Å²) in [5, 5.41) is 3.02. The first-order chi connectivity index (χ1) is 10.2. The molecule has 0 radical (unpaired) electrons. The lowest BCUT2D eigenvalue weighted by molar-refractivity contribution is 0.198. The fraction of sp³-hybridized carbons (Fsp3) is 0.471. The lowest BCUT2D eigenvalue weighted by atomic mass is 9.98. The first-order valence-electron chi connectivity index (χ1n) is 7.45. The van der Waals surface area contributed by atoms with Crippen LogP contribution in [-0.4, -0.2) is 4.98 Å². The predicted molar refractivity (Wildman–Crippen MR) is 90.5 cm³/mol. The standard InChI is InChI=1S/C17H22ClNOS/c1-4-12(3)14-8-6-7-9-16(14)20-15(5-2)17-19-13(10-18)11-21-17/h6-9,11-12,15H,4-5,10H2,1-3H3. The summed E-state index contributed by atoms with van der Waals surface area (Å²) >= 11 is 7.46. The van der Waals surface area contributed by atoms with Crippen molar-refractivity contribution in [3.05, 3.63) is 45.9 Å². The number of nitrogens with zero attached hydrogens (tertiary/aromatic N) is 1. The van der Waals surface area contributed by atoms with Gasteiger partial charge in [-0.25, -0.2) is 4.98 Å². The van der Waals surface area contributed by atoms with Crippen LogP contribution < -0.4 is 4.74 Å². The highest BCUT2D eigenvalue weighted by molar-refractivity contribution is 7.09. The Morgan fingerprint density at radius 3 is 2.62 bits per heavy atom. The summed E-state index contributed by atoms with van der Waals surface area (Å²) in [4.78, 5) is 4.55. The molecule has 0 aliphatic carbocycles. The SMILES string of the molecule is CCC(C)c1ccccc1OC(CC)c1nc(CCl)cs1. The Kier molecular flexibility index (Phi) is 6.07. The largest absolute Gasteiger partial charge is 0.483 e. The molecule has 1 heterocycles. The number of rotatable bonds is 7. The smallest absolute Gasteiger partial charge is 0.150 e. The lowest BCUT2D eigenvalue weighted by Crippen LogP contribution is -2.08. The monoisotopic (exact) mass is 323 g/mol. The molecule has 0 N–H and O–H groups in total. The summed E-state index contributed by atoms with van der Waals surface area (Å²) in [5.74, 6) is 1.92. The van der Waals surface area contributed by atoms with Crippen LogP contribution >= 0.6 is 22.9 Å². The van der Waals surface area contributed by atoms with Crippen molar-refractivity contribution in [2.45, 2.75) is 51.5 Å². The van der Waals surface area contributed by atoms with E-state index in [0.717, 1.165) is 29.3 Å². The first-order valence-corrected chi connectivity index (χ1v) is 8.86. The van der Waals surface area contributed by atoms with Crippen molar-refractivity contribution in [2.75, 3.05) is 0 Å². The van der Waals surface area contributed by atoms with Crippen molar-refractivity contribution in [2.24, 2.45) is 0 Å². The second-order valence-electron chi connectivity index (χ2n) is 5.17. The quantitative estimate of drug-likeness (QED) is 0.589. The summed E-state index contributed by atoms with van der Waals surface area (Å²) in [5.41, 5.74) is 2.20. The van der Waals surface area contributed by atoms with Gasteiger partial charge in [0.1, 0.15) is 16.9 Å². The Balaban J connectivity index is 2.22. The second kappa shape index (κ2) is 7.81. The van der Waals surface area contributed by atoms with Crippen LogP contribution in [0.15, 0.2) is 29.6 Å². The zero-order valence-corrected chi connectivity index (χ0v) is 14.4. The molecule has 2 atom stereocenters. The molecule has 0 spiro atoms. The van der Waals surface area contributed by atoms with Crippen LogP contribution in [0.2, 0.25) is 0 Å². The average molecular weight is 324 g/mol. The number of aromatic nitrogens is 1. The molecule has 0 saturated carbocycles. The maximum Gasteiger partial charge on any atom is 0.150 e. The number of halogens is 1. The molecule has 0 aliphatic rings. The highest BCUT2D eigenvalue weighted by Gasteiger charge is 2.18. The summed E-state index contributed by atoms with van der Waals surface area (Å²) in [6.45, 7) is 6.56. The molecule has 2 rings (SSSR count). The van der Waals surface area contributed by atoms with Crippen LogP contribution in [0.3, 0.4) is 0 Å². The molecule has 0 aliphatic heterocycles. The number of para-hydroxylation sites is 1. The molecule has 21 heavy (non-hydrogen) atoms. The Morgan fingerprint density at radius 2 is 2.00 bits per heavy atom. The molecule has 0 saturated heterocycles. The van der Waals surface area contributed by atoms with Gasteiger partial charge in [-0.3, -0.25) is 0 Å². The van der Waals surface area contributed by atoms with Gasteiger partial charge < -0.3 is 4.74 Å². The van der Waals surface area contributed by atoms with E-state index in [1.54, 1.807) is 11.3 Å². The third-order valence-corrected chi connectivity index (χ3v) is 4.94. The van der Waals surface area contributed by atoms with E-state index in [2.05, 4.69) is 44.0 Å². The predicted octanol–water partition coefficient (Wildman–Crippen LogP) is 5.93. The van der Waals surface area contributed by atoms with Crippen LogP contribution in [0, 0.1) is 0 Å². The maximum absolute atomic E-state index is 6.27. The van der Waals surface area contributed by atoms with E-state index in [1.807, 2.05) is 11.4 Å². The van der Waals surface area contributed by atoms with E-state index >= 15 is 0 Å². The topological polar surface area (TPSA) is 22.1 Å². The maximum atomic E-state index is 6.27. The van der Waals surface area contributed by atoms with Crippen LogP contribution in [-0.2, 0) is 5.88 Å². The van der Waals surface area contributed by atoms with Gasteiger partial charge >= 0.3 is 0 Å². The fourth-order valence-corrected chi connectivity index (χ4v) is 3.37. The van der Waals surface area contributed by atoms with Crippen molar-refractivity contribution in [1.29, 1.82) is 0 Å². The van der Waals surface area contributed by atoms with Gasteiger partial charge in [-0.1, -0.05) is 39.0 Å². The van der Waals surface area contributed by atoms with Gasteiger partial charge in [-0.15, -0.1) is 22.9 Å². The Bertz CT molecular complexity index is 569. The van der Waals surface area contributed by atoms with Crippen molar-refractivity contribution >= 4 is 22.9 Å². The van der Waals surface area contributed by atoms with E-state index < -0.39 is 0 Å². The van der Waals surface area contributed by atoms with Gasteiger partial charge in [-0.05, 0) is 30.4 Å². The lowest BCUT2D eigenvalue weighted by Gasteiger charge is -2.20. The molecule has 0 bridgehead atoms. The number of hydrogen-bond donors (Lipinski definition) is 0. The minimum Gasteiger partial charge on any atom is -0.483 e. The van der Waals surface area contributed by atoms with E-state index in [0.29, 0.717) is 11.8 Å². The molecule has 4 heteroatoms. The van der Waals surface area contributed by atoms with E-state index in [4.69, 9.17) is 16.3 Å². The second-order valence-corrected chi connectivity index (χ2v) is 6.33. The molecule has 1 aromatic heterocycles. The molecule has 0 amide bonds. The zero-order valence-electron chi connectivity index (χ0n) is 12.8. The van der Waals surface area contributed by atoms with Crippen LogP contribution in [0.5, 0.6) is 5.75 Å². The van der Waals surface area contributed by atoms with Crippen LogP contribution in [0.25, 0.3) is 0 Å².